The third kappa shape index (κ3) is 7.51. The monoisotopic (exact) mass is 682 g/mol. The topological polar surface area (TPSA) is 148 Å². The standard InChI is InChI=1S/C39H30N4O8/c44-35(25-13-5-1-6-14-25)40-33-29-21-22-43(34(29)42-39(41-33)51-38(47)28-19-11-4-12-20-28)32-23-30(50-37(46)27-17-9-3-10-18-27)31(49-32)24-48-36(45)26-15-7-2-8-16-26/h1-22,30-32H,23-24H2,(H,40,41,42,44)/t30-,31+,32+/m0/s1. The third-order valence-electron chi connectivity index (χ3n) is 8.16. The Kier molecular flexibility index (Phi) is 9.57. The lowest BCUT2D eigenvalue weighted by Crippen LogP contribution is -2.32. The van der Waals surface area contributed by atoms with Gasteiger partial charge in [0, 0.05) is 18.2 Å². The molecule has 0 spiro atoms. The van der Waals surface area contributed by atoms with Gasteiger partial charge in [-0.05, 0) is 54.6 Å². The van der Waals surface area contributed by atoms with Crippen LogP contribution in [0.4, 0.5) is 5.82 Å². The molecule has 1 saturated heterocycles. The molecule has 0 bridgehead atoms. The van der Waals surface area contributed by atoms with Crippen LogP contribution in [0.2, 0.25) is 0 Å². The van der Waals surface area contributed by atoms with E-state index in [1.54, 1.807) is 138 Å². The lowest BCUT2D eigenvalue weighted by molar-refractivity contribution is -0.0562. The molecule has 254 valence electrons. The van der Waals surface area contributed by atoms with E-state index >= 15 is 0 Å². The second-order valence-electron chi connectivity index (χ2n) is 11.5. The van der Waals surface area contributed by atoms with Gasteiger partial charge < -0.3 is 28.8 Å². The van der Waals surface area contributed by atoms with Crippen molar-refractivity contribution in [2.45, 2.75) is 24.9 Å². The molecule has 0 unspecified atom stereocenters. The van der Waals surface area contributed by atoms with Gasteiger partial charge in [0.25, 0.3) is 5.91 Å². The zero-order chi connectivity index (χ0) is 35.2. The zero-order valence-corrected chi connectivity index (χ0v) is 27.0. The molecule has 6 aromatic rings. The van der Waals surface area contributed by atoms with E-state index < -0.39 is 42.3 Å². The van der Waals surface area contributed by atoms with Crippen LogP contribution in [0.1, 0.15) is 54.1 Å². The molecule has 1 aliphatic heterocycles. The van der Waals surface area contributed by atoms with Crippen molar-refractivity contribution < 1.29 is 38.1 Å². The van der Waals surface area contributed by atoms with E-state index in [1.165, 1.54) is 0 Å². The minimum absolute atomic E-state index is 0.0989. The highest BCUT2D eigenvalue weighted by molar-refractivity contribution is 6.07. The third-order valence-corrected chi connectivity index (χ3v) is 8.16. The van der Waals surface area contributed by atoms with Crippen molar-refractivity contribution in [1.29, 1.82) is 0 Å². The van der Waals surface area contributed by atoms with Crippen LogP contribution in [0.3, 0.4) is 0 Å². The number of carbonyl (C=O) groups is 4. The average molecular weight is 683 g/mol. The number of rotatable bonds is 10. The van der Waals surface area contributed by atoms with Crippen molar-refractivity contribution in [2.24, 2.45) is 0 Å². The van der Waals surface area contributed by atoms with E-state index in [0.29, 0.717) is 22.1 Å². The molecule has 1 N–H and O–H groups in total. The molecule has 0 aliphatic carbocycles. The molecule has 51 heavy (non-hydrogen) atoms. The fraction of sp³-hybridized carbons (Fsp3) is 0.128. The van der Waals surface area contributed by atoms with Crippen LogP contribution in [0.25, 0.3) is 11.0 Å². The summed E-state index contributed by atoms with van der Waals surface area (Å²) in [7, 11) is 0. The second-order valence-corrected chi connectivity index (χ2v) is 11.5. The normalized spacial score (nSPS) is 16.7. The highest BCUT2D eigenvalue weighted by Gasteiger charge is 2.40. The molecule has 3 atom stereocenters. The highest BCUT2D eigenvalue weighted by Crippen LogP contribution is 2.36. The largest absolute Gasteiger partial charge is 0.459 e. The quantitative estimate of drug-likeness (QED) is 0.164. The number of anilines is 1. The van der Waals surface area contributed by atoms with Crippen LogP contribution >= 0.6 is 0 Å². The number of aromatic nitrogens is 3. The highest BCUT2D eigenvalue weighted by atomic mass is 16.6. The van der Waals surface area contributed by atoms with Gasteiger partial charge in [-0.25, -0.2) is 14.4 Å². The number of nitrogens with one attached hydrogen (secondary N) is 1. The summed E-state index contributed by atoms with van der Waals surface area (Å²) in [5.41, 5.74) is 1.65. The minimum Gasteiger partial charge on any atom is -0.459 e. The molecule has 1 fully saturated rings. The lowest BCUT2D eigenvalue weighted by atomic mass is 10.1. The molecule has 1 aliphatic rings. The molecule has 0 saturated carbocycles. The van der Waals surface area contributed by atoms with Gasteiger partial charge in [0.2, 0.25) is 0 Å². The lowest BCUT2D eigenvalue weighted by Gasteiger charge is -2.19. The van der Waals surface area contributed by atoms with Crippen molar-refractivity contribution in [2.75, 3.05) is 11.9 Å². The Morgan fingerprint density at radius 2 is 1.24 bits per heavy atom. The number of nitrogens with zero attached hydrogens (tertiary/aromatic N) is 3. The average Bonchev–Trinajstić information content (AvgIpc) is 3.79. The van der Waals surface area contributed by atoms with E-state index in [2.05, 4.69) is 15.3 Å². The van der Waals surface area contributed by atoms with Crippen LogP contribution in [0, 0.1) is 0 Å². The number of hydrogen-bond donors (Lipinski definition) is 1. The van der Waals surface area contributed by atoms with Crippen LogP contribution in [0.15, 0.2) is 134 Å². The SMILES string of the molecule is O=C(Nc1nc(OC(=O)c2ccccc2)nc2c1ccn2[C@H]1C[C@H](OC(=O)c2ccccc2)[C@@H](COC(=O)c2ccccc2)O1)c1ccccc1. The van der Waals surface area contributed by atoms with Gasteiger partial charge in [-0.15, -0.1) is 0 Å². The van der Waals surface area contributed by atoms with Gasteiger partial charge in [-0.3, -0.25) is 4.79 Å². The van der Waals surface area contributed by atoms with Crippen molar-refractivity contribution in [3.8, 4) is 6.01 Å². The summed E-state index contributed by atoms with van der Waals surface area (Å²) in [5, 5.41) is 3.24. The number of amides is 1. The number of ether oxygens (including phenoxy) is 4. The molecule has 3 heterocycles. The zero-order valence-electron chi connectivity index (χ0n) is 27.0. The summed E-state index contributed by atoms with van der Waals surface area (Å²) in [6.07, 6.45) is -0.605. The van der Waals surface area contributed by atoms with Crippen molar-refractivity contribution in [1.82, 2.24) is 14.5 Å². The second kappa shape index (κ2) is 14.8. The Labute approximate surface area is 291 Å². The first-order valence-electron chi connectivity index (χ1n) is 16.1. The van der Waals surface area contributed by atoms with Gasteiger partial charge in [-0.2, -0.15) is 9.97 Å². The van der Waals surface area contributed by atoms with Crippen LogP contribution in [-0.4, -0.2) is 57.2 Å². The molecule has 0 radical (unpaired) electrons. The summed E-state index contributed by atoms with van der Waals surface area (Å²) < 4.78 is 25.1. The predicted molar refractivity (Wildman–Crippen MR) is 184 cm³/mol. The minimum atomic E-state index is -0.845. The van der Waals surface area contributed by atoms with Gasteiger partial charge >= 0.3 is 23.9 Å². The maximum absolute atomic E-state index is 13.2. The van der Waals surface area contributed by atoms with Crippen molar-refractivity contribution >= 4 is 40.7 Å². The Bertz CT molecular complexity index is 2180. The Morgan fingerprint density at radius 1 is 0.686 bits per heavy atom. The summed E-state index contributed by atoms with van der Waals surface area (Å²) >= 11 is 0. The smallest absolute Gasteiger partial charge is 0.345 e. The van der Waals surface area contributed by atoms with Crippen LogP contribution < -0.4 is 10.1 Å². The fourth-order valence-electron chi connectivity index (χ4n) is 5.61. The van der Waals surface area contributed by atoms with E-state index in [4.69, 9.17) is 18.9 Å². The summed E-state index contributed by atoms with van der Waals surface area (Å²) in [6, 6.07) is 35.3. The molecule has 12 heteroatoms. The van der Waals surface area contributed by atoms with E-state index in [-0.39, 0.29) is 36.1 Å². The maximum Gasteiger partial charge on any atom is 0.345 e. The van der Waals surface area contributed by atoms with E-state index in [9.17, 15) is 19.2 Å². The predicted octanol–water partition coefficient (Wildman–Crippen LogP) is 6.27. The first-order chi connectivity index (χ1) is 24.9. The Balaban J connectivity index is 1.20. The maximum atomic E-state index is 13.2. The van der Waals surface area contributed by atoms with Gasteiger partial charge in [0.05, 0.1) is 22.1 Å². The number of carbonyl (C=O) groups excluding carboxylic acids is 4. The Hall–Kier alpha value is -6.66. The first kappa shape index (κ1) is 32.9. The number of esters is 3. The molecular formula is C39H30N4O8. The molecule has 12 nitrogen and oxygen atoms in total. The van der Waals surface area contributed by atoms with Crippen molar-refractivity contribution in [3.05, 3.63) is 156 Å². The molecule has 2 aromatic heterocycles. The molecule has 4 aromatic carbocycles. The molecular weight excluding hydrogens is 652 g/mol. The first-order valence-corrected chi connectivity index (χ1v) is 16.1. The summed E-state index contributed by atoms with van der Waals surface area (Å²) in [5.74, 6) is -2.15. The molecule has 7 rings (SSSR count). The van der Waals surface area contributed by atoms with Crippen LogP contribution in [-0.2, 0) is 14.2 Å². The summed E-state index contributed by atoms with van der Waals surface area (Å²) in [4.78, 5) is 61.1. The Morgan fingerprint density at radius 3 is 1.84 bits per heavy atom. The van der Waals surface area contributed by atoms with E-state index in [0.717, 1.165) is 0 Å². The number of fused-ring (bicyclic) bond motifs is 1. The number of benzene rings is 4. The number of hydrogen-bond acceptors (Lipinski definition) is 10. The molecule has 1 amide bonds. The van der Waals surface area contributed by atoms with Gasteiger partial charge in [0.15, 0.2) is 5.65 Å². The van der Waals surface area contributed by atoms with E-state index in [1.807, 2.05) is 0 Å². The van der Waals surface area contributed by atoms with Gasteiger partial charge in [-0.1, -0.05) is 72.8 Å². The van der Waals surface area contributed by atoms with Crippen LogP contribution in [0.5, 0.6) is 6.01 Å². The summed E-state index contributed by atoms with van der Waals surface area (Å²) in [6.45, 7) is -0.205. The van der Waals surface area contributed by atoms with Crippen molar-refractivity contribution in [3.63, 3.8) is 0 Å². The fourth-order valence-corrected chi connectivity index (χ4v) is 5.61. The van der Waals surface area contributed by atoms with Gasteiger partial charge in [0.1, 0.15) is 30.9 Å².